The predicted octanol–water partition coefficient (Wildman–Crippen LogP) is 31.9. The molecule has 0 bridgehead atoms. The summed E-state index contributed by atoms with van der Waals surface area (Å²) in [5.74, 6) is 3.85. The second-order valence-electron chi connectivity index (χ2n) is 30.1. The second kappa shape index (κ2) is 42.2. The number of nitrogens with one attached hydrogen (secondary N) is 1. The maximum Gasteiger partial charge on any atom is 0.131 e. The number of nitrogen functional groups attached to an aromatic ring is 1. The van der Waals surface area contributed by atoms with E-state index in [1.165, 1.54) is 80.9 Å². The molecule has 2 fully saturated rings. The number of para-hydroxylation sites is 10. The van der Waals surface area contributed by atoms with Crippen LogP contribution in [0.1, 0.15) is 69.8 Å². The molecule has 9 nitrogen and oxygen atoms in total. The summed E-state index contributed by atoms with van der Waals surface area (Å²) in [6.45, 7) is 2.23. The first-order valence-electron chi connectivity index (χ1n) is 42.0. The van der Waals surface area contributed by atoms with Crippen LogP contribution in [-0.2, 0) is 0 Å². The van der Waals surface area contributed by atoms with Crippen molar-refractivity contribution in [2.75, 3.05) is 37.8 Å². The van der Waals surface area contributed by atoms with Crippen LogP contribution in [-0.4, -0.2) is 18.4 Å². The van der Waals surface area contributed by atoms with E-state index in [-0.39, 0.29) is 7.92 Å². The number of methoxy groups -OCH3 is 1. The quantitative estimate of drug-likeness (QED) is 0.0481. The predicted molar refractivity (Wildman–Crippen MR) is 514 cm³/mol. The third kappa shape index (κ3) is 22.1. The van der Waals surface area contributed by atoms with Crippen LogP contribution in [0.3, 0.4) is 0 Å². The Balaban J connectivity index is 0.000000139. The Morgan fingerprint density at radius 3 is 0.959 bits per heavy atom. The molecule has 3 N–H and O–H groups in total. The van der Waals surface area contributed by atoms with Crippen LogP contribution in [0.5, 0.6) is 28.7 Å². The lowest BCUT2D eigenvalue weighted by Gasteiger charge is -2.39. The standard InChI is InChI=1S/C42H33N3O.C36H27ClN2O.C26H35OP.C6H7N/c1-6-17-33(18-7-1)43-34-19-16-28-41(29-34)46-42-31-39(44(35-20-8-2-9-21-35)36-22-10-3-11-23-36)30-40(32-42)45(37-24-12-4-13-25-37)38-26-14-5-15-27-38;37-28-14-13-23-35(24-28)40-36-26-33(38(29-15-5-1-6-16-29)30-17-7-2-8-18-30)25-34(27-36)39(31-19-9-3-10-20-31)32-21-11-4-12-22-32;1-20-12-11-18-24(27-2)26(20)23-17-9-10-19-25(23)28(21-13-5-3-6-14-21)22-15-7-4-8-16-22;7-6-4-2-1-3-5-6/h1-32,43H;1-27H;9-12,17-19,21-22H,3-8,13-16H2,1-2H3;1-5H,7H2. The molecular formula is C110H102ClN6O3P. The van der Waals surface area contributed by atoms with E-state index >= 15 is 0 Å². The van der Waals surface area contributed by atoms with Gasteiger partial charge in [-0.15, -0.1) is 0 Å². The monoisotopic (exact) mass is 1620 g/mol. The fraction of sp³-hybridized carbons (Fsp3) is 0.127. The highest BCUT2D eigenvalue weighted by Crippen LogP contribution is 2.57. The maximum atomic E-state index is 6.69. The Kier molecular flexibility index (Phi) is 28.8. The van der Waals surface area contributed by atoms with Crippen LogP contribution in [0.4, 0.5) is 85.3 Å². The number of hydrogen-bond donors (Lipinski definition) is 2. The average Bonchev–Trinajstić information content (AvgIpc) is 0.790. The number of rotatable bonds is 23. The number of halogens is 1. The lowest BCUT2D eigenvalue weighted by atomic mass is 9.99. The molecule has 16 aromatic rings. The van der Waals surface area contributed by atoms with Gasteiger partial charge in [0.2, 0.25) is 0 Å². The molecule has 11 heteroatoms. The summed E-state index contributed by atoms with van der Waals surface area (Å²) in [4.78, 5) is 9.00. The van der Waals surface area contributed by atoms with Crippen LogP contribution < -0.4 is 50.2 Å². The van der Waals surface area contributed by atoms with Crippen molar-refractivity contribution in [3.63, 3.8) is 0 Å². The van der Waals surface area contributed by atoms with E-state index < -0.39 is 0 Å². The number of ether oxygens (including phenoxy) is 3. The topological polar surface area (TPSA) is 78.7 Å². The molecule has 2 saturated carbocycles. The van der Waals surface area contributed by atoms with Crippen LogP contribution in [0.15, 0.2) is 431 Å². The van der Waals surface area contributed by atoms with Crippen molar-refractivity contribution in [1.82, 2.24) is 0 Å². The molecule has 0 unspecified atom stereocenters. The Hall–Kier alpha value is -13.6. The van der Waals surface area contributed by atoms with Gasteiger partial charge in [-0.1, -0.05) is 289 Å². The number of benzene rings is 16. The van der Waals surface area contributed by atoms with Crippen molar-refractivity contribution in [1.29, 1.82) is 0 Å². The van der Waals surface area contributed by atoms with Crippen molar-refractivity contribution in [3.8, 4) is 39.9 Å². The molecule has 16 aromatic carbocycles. The van der Waals surface area contributed by atoms with E-state index in [9.17, 15) is 0 Å². The van der Waals surface area contributed by atoms with Gasteiger partial charge in [0.15, 0.2) is 0 Å². The minimum absolute atomic E-state index is 0.122. The van der Waals surface area contributed by atoms with Gasteiger partial charge in [-0.2, -0.15) is 0 Å². The van der Waals surface area contributed by atoms with Gasteiger partial charge < -0.3 is 44.9 Å². The van der Waals surface area contributed by atoms with Gasteiger partial charge in [0.25, 0.3) is 0 Å². The van der Waals surface area contributed by atoms with Crippen molar-refractivity contribution < 1.29 is 14.2 Å². The van der Waals surface area contributed by atoms with Crippen molar-refractivity contribution in [2.24, 2.45) is 0 Å². The number of aryl methyl sites for hydroxylation is 1. The van der Waals surface area contributed by atoms with Gasteiger partial charge in [-0.05, 0) is 230 Å². The zero-order chi connectivity index (χ0) is 82.6. The maximum absolute atomic E-state index is 6.69. The summed E-state index contributed by atoms with van der Waals surface area (Å²) in [6, 6.07) is 147. The van der Waals surface area contributed by atoms with Crippen LogP contribution in [0, 0.1) is 6.92 Å². The molecule has 0 radical (unpaired) electrons. The largest absolute Gasteiger partial charge is 0.496 e. The minimum Gasteiger partial charge on any atom is -0.496 e. The zero-order valence-corrected chi connectivity index (χ0v) is 70.3. The molecule has 121 heavy (non-hydrogen) atoms. The van der Waals surface area contributed by atoms with Gasteiger partial charge in [-0.25, -0.2) is 0 Å². The third-order valence-electron chi connectivity index (χ3n) is 21.7. The fourth-order valence-corrected chi connectivity index (χ4v) is 20.4. The Morgan fingerprint density at radius 2 is 0.612 bits per heavy atom. The van der Waals surface area contributed by atoms with E-state index in [0.29, 0.717) is 16.5 Å². The summed E-state index contributed by atoms with van der Waals surface area (Å²) in [6.07, 6.45) is 14.4. The Labute approximate surface area is 720 Å². The molecule has 2 aliphatic carbocycles. The molecule has 2 aliphatic rings. The van der Waals surface area contributed by atoms with Crippen LogP contribution in [0.2, 0.25) is 5.02 Å². The van der Waals surface area contributed by atoms with Crippen molar-refractivity contribution >= 4 is 110 Å². The van der Waals surface area contributed by atoms with Crippen molar-refractivity contribution in [2.45, 2.75) is 82.4 Å². The van der Waals surface area contributed by atoms with E-state index in [4.69, 9.17) is 31.5 Å². The first kappa shape index (κ1) is 82.5. The minimum atomic E-state index is -0.122. The normalized spacial score (nSPS) is 12.5. The SMILES string of the molecule is COc1cccc(C)c1-c1ccccc1P(C1CCCCC1)C1CCCCC1.Clc1cccc(Oc2cc(N(c3ccccc3)c3ccccc3)cc(N(c3ccccc3)c3ccccc3)c2)c1.Nc1ccccc1.c1ccc(Nc2cccc(Oc3cc(N(c4ccccc4)c4ccccc4)cc(N(c4ccccc4)c4ccccc4)c3)c2)cc1. The molecule has 602 valence electrons. The van der Waals surface area contributed by atoms with Gasteiger partial charge in [-0.3, -0.25) is 0 Å². The molecule has 18 rings (SSSR count). The second-order valence-corrected chi connectivity index (χ2v) is 33.3. The van der Waals surface area contributed by atoms with E-state index in [0.717, 1.165) is 114 Å². The van der Waals surface area contributed by atoms with Crippen LogP contribution in [0.25, 0.3) is 11.1 Å². The lowest BCUT2D eigenvalue weighted by molar-refractivity contribution is 0.416. The number of hydrogen-bond acceptors (Lipinski definition) is 9. The van der Waals surface area contributed by atoms with Gasteiger partial charge >= 0.3 is 0 Å². The number of nitrogens with two attached hydrogens (primary N) is 1. The molecule has 0 aromatic heterocycles. The average molecular weight is 1620 g/mol. The van der Waals surface area contributed by atoms with E-state index in [2.05, 4.69) is 305 Å². The molecular weight excluding hydrogens is 1520 g/mol. The molecule has 0 atom stereocenters. The summed E-state index contributed by atoms with van der Waals surface area (Å²) < 4.78 is 18.9. The molecule has 0 spiro atoms. The first-order valence-corrected chi connectivity index (χ1v) is 43.9. The molecule has 0 heterocycles. The van der Waals surface area contributed by atoms with E-state index in [1.54, 1.807) is 5.30 Å². The summed E-state index contributed by atoms with van der Waals surface area (Å²) in [5, 5.41) is 5.76. The van der Waals surface area contributed by atoms with Gasteiger partial charge in [0, 0.05) is 103 Å². The number of anilines is 15. The van der Waals surface area contributed by atoms with Crippen molar-refractivity contribution in [3.05, 3.63) is 441 Å². The third-order valence-corrected chi connectivity index (χ3v) is 25.5. The molecule has 0 aliphatic heterocycles. The lowest BCUT2D eigenvalue weighted by Crippen LogP contribution is -2.27. The highest BCUT2D eigenvalue weighted by Gasteiger charge is 2.35. The van der Waals surface area contributed by atoms with Gasteiger partial charge in [0.05, 0.1) is 29.9 Å². The summed E-state index contributed by atoms with van der Waals surface area (Å²) >= 11 is 6.30. The highest BCUT2D eigenvalue weighted by atomic mass is 35.5. The molecule has 0 saturated heterocycles. The first-order chi connectivity index (χ1) is 59.7. The summed E-state index contributed by atoms with van der Waals surface area (Å²) in [5.41, 5.74) is 26.3. The highest BCUT2D eigenvalue weighted by molar-refractivity contribution is 7.67. The fourth-order valence-electron chi connectivity index (χ4n) is 16.2. The zero-order valence-electron chi connectivity index (χ0n) is 68.6. The Morgan fingerprint density at radius 1 is 0.298 bits per heavy atom. The van der Waals surface area contributed by atoms with E-state index in [1.807, 2.05) is 165 Å². The Bertz CT molecular complexity index is 5450. The smallest absolute Gasteiger partial charge is 0.131 e. The van der Waals surface area contributed by atoms with Crippen LogP contribution >= 0.6 is 19.5 Å². The number of nitrogens with zero attached hydrogens (tertiary/aromatic N) is 4. The molecule has 0 amide bonds. The summed E-state index contributed by atoms with van der Waals surface area (Å²) in [7, 11) is 1.69. The van der Waals surface area contributed by atoms with Gasteiger partial charge in [0.1, 0.15) is 28.7 Å².